The Labute approximate surface area is 203 Å². The molecular weight excluding hydrogens is 480 g/mol. The number of carboxylic acid groups (broad SMARTS) is 2. The molecule has 0 bridgehead atoms. The average Bonchev–Trinajstić information content (AvgIpc) is 3.15. The SMILES string of the molecule is O=C(O)C=Cc1cn(Cc2cc(Cl)ccc2OCc2ccc(F)cc2F)c2cccc(C(=O)O)c12. The summed E-state index contributed by atoms with van der Waals surface area (Å²) in [6.07, 6.45) is 3.91. The van der Waals surface area contributed by atoms with Crippen LogP contribution in [0.5, 0.6) is 5.75 Å². The van der Waals surface area contributed by atoms with E-state index in [0.29, 0.717) is 32.8 Å². The number of benzene rings is 3. The summed E-state index contributed by atoms with van der Waals surface area (Å²) in [6.45, 7) is 0.0468. The minimum atomic E-state index is -1.17. The third-order valence-electron chi connectivity index (χ3n) is 5.33. The topological polar surface area (TPSA) is 88.8 Å². The van der Waals surface area contributed by atoms with Crippen LogP contribution >= 0.6 is 11.6 Å². The van der Waals surface area contributed by atoms with Gasteiger partial charge in [0.05, 0.1) is 12.1 Å². The van der Waals surface area contributed by atoms with Crippen molar-refractivity contribution >= 4 is 40.5 Å². The van der Waals surface area contributed by atoms with E-state index in [4.69, 9.17) is 21.4 Å². The summed E-state index contributed by atoms with van der Waals surface area (Å²) in [7, 11) is 0. The second kappa shape index (κ2) is 9.99. The highest BCUT2D eigenvalue weighted by atomic mass is 35.5. The molecule has 0 aliphatic rings. The van der Waals surface area contributed by atoms with E-state index in [1.54, 1.807) is 41.1 Å². The highest BCUT2D eigenvalue weighted by Crippen LogP contribution is 2.30. The molecule has 178 valence electrons. The van der Waals surface area contributed by atoms with E-state index >= 15 is 0 Å². The average molecular weight is 498 g/mol. The van der Waals surface area contributed by atoms with Crippen LogP contribution in [0.4, 0.5) is 8.78 Å². The first-order valence-electron chi connectivity index (χ1n) is 10.3. The van der Waals surface area contributed by atoms with Gasteiger partial charge in [-0.2, -0.15) is 0 Å². The van der Waals surface area contributed by atoms with E-state index < -0.39 is 23.6 Å². The van der Waals surface area contributed by atoms with Crippen molar-refractivity contribution in [1.82, 2.24) is 4.57 Å². The number of fused-ring (bicyclic) bond motifs is 1. The van der Waals surface area contributed by atoms with Crippen molar-refractivity contribution in [3.63, 3.8) is 0 Å². The van der Waals surface area contributed by atoms with Crippen molar-refractivity contribution in [3.8, 4) is 5.75 Å². The number of carbonyl (C=O) groups is 2. The lowest BCUT2D eigenvalue weighted by Gasteiger charge is -2.14. The first kappa shape index (κ1) is 24.0. The number of aromatic nitrogens is 1. The Balaban J connectivity index is 1.73. The Morgan fingerprint density at radius 3 is 2.54 bits per heavy atom. The number of ether oxygens (including phenoxy) is 1. The van der Waals surface area contributed by atoms with Gasteiger partial charge in [-0.1, -0.05) is 17.7 Å². The van der Waals surface area contributed by atoms with Crippen LogP contribution in [0.1, 0.15) is 27.0 Å². The molecule has 3 aromatic carbocycles. The minimum absolute atomic E-state index is 0.0284. The first-order chi connectivity index (χ1) is 16.7. The zero-order chi connectivity index (χ0) is 25.1. The number of halogens is 3. The van der Waals surface area contributed by atoms with Gasteiger partial charge in [0.2, 0.25) is 0 Å². The number of nitrogens with zero attached hydrogens (tertiary/aromatic N) is 1. The normalized spacial score (nSPS) is 11.3. The van der Waals surface area contributed by atoms with Gasteiger partial charge in [-0.15, -0.1) is 0 Å². The van der Waals surface area contributed by atoms with Crippen molar-refractivity contribution in [2.45, 2.75) is 13.2 Å². The van der Waals surface area contributed by atoms with Crippen LogP contribution in [0.25, 0.3) is 17.0 Å². The molecular formula is C26H18ClF2NO5. The lowest BCUT2D eigenvalue weighted by Crippen LogP contribution is -2.04. The molecule has 0 fully saturated rings. The van der Waals surface area contributed by atoms with Crippen LogP contribution < -0.4 is 4.74 Å². The molecule has 4 rings (SSSR count). The minimum Gasteiger partial charge on any atom is -0.488 e. The third-order valence-corrected chi connectivity index (χ3v) is 5.57. The molecule has 35 heavy (non-hydrogen) atoms. The van der Waals surface area contributed by atoms with E-state index in [1.807, 2.05) is 0 Å². The molecule has 4 aromatic rings. The van der Waals surface area contributed by atoms with E-state index in [-0.39, 0.29) is 24.3 Å². The molecule has 0 saturated heterocycles. The van der Waals surface area contributed by atoms with Gasteiger partial charge < -0.3 is 19.5 Å². The summed E-state index contributed by atoms with van der Waals surface area (Å²) in [5.74, 6) is -3.33. The van der Waals surface area contributed by atoms with E-state index in [2.05, 4.69) is 0 Å². The first-order valence-corrected chi connectivity index (χ1v) is 10.7. The molecule has 0 spiro atoms. The summed E-state index contributed by atoms with van der Waals surface area (Å²) in [6, 6.07) is 12.9. The maximum atomic E-state index is 14.0. The summed E-state index contributed by atoms with van der Waals surface area (Å²) < 4.78 is 34.8. The molecule has 0 unspecified atom stereocenters. The smallest absolute Gasteiger partial charge is 0.336 e. The van der Waals surface area contributed by atoms with Crippen LogP contribution in [-0.2, 0) is 17.9 Å². The fraction of sp³-hybridized carbons (Fsp3) is 0.0769. The van der Waals surface area contributed by atoms with E-state index in [1.165, 1.54) is 18.2 Å². The monoisotopic (exact) mass is 497 g/mol. The number of hydrogen-bond donors (Lipinski definition) is 2. The number of hydrogen-bond acceptors (Lipinski definition) is 3. The van der Waals surface area contributed by atoms with Crippen molar-refractivity contribution in [3.05, 3.63) is 106 Å². The van der Waals surface area contributed by atoms with Gasteiger partial charge >= 0.3 is 11.9 Å². The molecule has 0 atom stereocenters. The lowest BCUT2D eigenvalue weighted by molar-refractivity contribution is -0.131. The zero-order valence-electron chi connectivity index (χ0n) is 18.0. The van der Waals surface area contributed by atoms with Crippen LogP contribution in [-0.4, -0.2) is 26.7 Å². The number of carboxylic acids is 2. The number of rotatable bonds is 8. The molecule has 0 aliphatic heterocycles. The Hall–Kier alpha value is -4.17. The molecule has 1 aromatic heterocycles. The summed E-state index contributed by atoms with van der Waals surface area (Å²) in [5.41, 5.74) is 1.79. The molecule has 0 aliphatic carbocycles. The molecule has 0 saturated carbocycles. The molecule has 1 heterocycles. The highest BCUT2D eigenvalue weighted by Gasteiger charge is 2.17. The predicted molar refractivity (Wildman–Crippen MR) is 127 cm³/mol. The zero-order valence-corrected chi connectivity index (χ0v) is 18.8. The Morgan fingerprint density at radius 1 is 1.03 bits per heavy atom. The Bertz CT molecular complexity index is 1480. The molecule has 6 nitrogen and oxygen atoms in total. The highest BCUT2D eigenvalue weighted by molar-refractivity contribution is 6.30. The summed E-state index contributed by atoms with van der Waals surface area (Å²) >= 11 is 6.20. The predicted octanol–water partition coefficient (Wildman–Crippen LogP) is 6.00. The Kier molecular flexibility index (Phi) is 6.84. The van der Waals surface area contributed by atoms with Crippen molar-refractivity contribution < 1.29 is 33.3 Å². The van der Waals surface area contributed by atoms with Gasteiger partial charge in [0.15, 0.2) is 0 Å². The summed E-state index contributed by atoms with van der Waals surface area (Å²) in [5, 5.41) is 19.5. The van der Waals surface area contributed by atoms with Gasteiger partial charge in [-0.05, 0) is 48.5 Å². The van der Waals surface area contributed by atoms with Crippen LogP contribution in [0.3, 0.4) is 0 Å². The second-order valence-electron chi connectivity index (χ2n) is 7.67. The lowest BCUT2D eigenvalue weighted by atomic mass is 10.1. The van der Waals surface area contributed by atoms with Gasteiger partial charge in [-0.3, -0.25) is 0 Å². The van der Waals surface area contributed by atoms with Crippen LogP contribution in [0.2, 0.25) is 5.02 Å². The molecule has 9 heteroatoms. The third kappa shape index (κ3) is 5.33. The fourth-order valence-corrected chi connectivity index (χ4v) is 3.97. The number of aromatic carboxylic acids is 1. The second-order valence-corrected chi connectivity index (χ2v) is 8.10. The van der Waals surface area contributed by atoms with Crippen molar-refractivity contribution in [1.29, 1.82) is 0 Å². The van der Waals surface area contributed by atoms with Crippen LogP contribution in [0, 0.1) is 11.6 Å². The van der Waals surface area contributed by atoms with Crippen LogP contribution in [0.15, 0.2) is 66.9 Å². The maximum absolute atomic E-state index is 14.0. The van der Waals surface area contributed by atoms with E-state index in [0.717, 1.165) is 18.2 Å². The molecule has 2 N–H and O–H groups in total. The largest absolute Gasteiger partial charge is 0.488 e. The summed E-state index contributed by atoms with van der Waals surface area (Å²) in [4.78, 5) is 22.8. The van der Waals surface area contributed by atoms with E-state index in [9.17, 15) is 23.5 Å². The van der Waals surface area contributed by atoms with Gasteiger partial charge in [-0.25, -0.2) is 18.4 Å². The quantitative estimate of drug-likeness (QED) is 0.292. The maximum Gasteiger partial charge on any atom is 0.336 e. The Morgan fingerprint density at radius 2 is 1.83 bits per heavy atom. The van der Waals surface area contributed by atoms with Crippen molar-refractivity contribution in [2.75, 3.05) is 0 Å². The fourth-order valence-electron chi connectivity index (χ4n) is 3.77. The van der Waals surface area contributed by atoms with Gasteiger partial charge in [0.25, 0.3) is 0 Å². The van der Waals surface area contributed by atoms with Crippen molar-refractivity contribution in [2.24, 2.45) is 0 Å². The number of aliphatic carboxylic acids is 1. The van der Waals surface area contributed by atoms with Gasteiger partial charge in [0, 0.05) is 51.0 Å². The van der Waals surface area contributed by atoms with Gasteiger partial charge in [0.1, 0.15) is 24.0 Å². The molecule has 0 amide bonds. The molecule has 0 radical (unpaired) electrons. The standard InChI is InChI=1S/C26H18ClF2NO5/c27-18-6-8-23(35-14-16-4-7-19(28)11-21(16)29)17(10-18)13-30-12-15(5-9-24(31)32)25-20(26(33)34)2-1-3-22(25)30/h1-12H,13-14H2,(H,31,32)(H,33,34).